The van der Waals surface area contributed by atoms with Gasteiger partial charge in [0.2, 0.25) is 5.17 Å². The van der Waals surface area contributed by atoms with Crippen LogP contribution in [0.4, 0.5) is 0 Å². The van der Waals surface area contributed by atoms with E-state index in [-0.39, 0.29) is 17.5 Å². The van der Waals surface area contributed by atoms with Crippen molar-refractivity contribution < 1.29 is 14.3 Å². The Balaban J connectivity index is 1.60. The van der Waals surface area contributed by atoms with Gasteiger partial charge >= 0.3 is 0 Å². The summed E-state index contributed by atoms with van der Waals surface area (Å²) in [4.78, 5) is 16.8. The van der Waals surface area contributed by atoms with Crippen molar-refractivity contribution in [3.8, 4) is 11.5 Å². The Labute approximate surface area is 197 Å². The van der Waals surface area contributed by atoms with Crippen molar-refractivity contribution in [3.05, 3.63) is 65.2 Å². The molecule has 0 bridgehead atoms. The molecule has 2 aliphatic rings. The summed E-state index contributed by atoms with van der Waals surface area (Å²) >= 11 is 1.35. The fourth-order valence-corrected chi connectivity index (χ4v) is 4.46. The average Bonchev–Trinajstić information content (AvgIpc) is 3.21. The van der Waals surface area contributed by atoms with Crippen LogP contribution in [0.25, 0.3) is 6.08 Å². The lowest BCUT2D eigenvalue weighted by atomic mass is 10.1. The van der Waals surface area contributed by atoms with E-state index in [9.17, 15) is 4.79 Å². The minimum Gasteiger partial charge on any atom is -0.490 e. The molecule has 1 atom stereocenters. The number of fused-ring (bicyclic) bond motifs is 1. The van der Waals surface area contributed by atoms with E-state index in [1.807, 2.05) is 62.4 Å². The lowest BCUT2D eigenvalue weighted by Gasteiger charge is -2.20. The van der Waals surface area contributed by atoms with E-state index in [0.717, 1.165) is 29.0 Å². The van der Waals surface area contributed by atoms with Gasteiger partial charge in [-0.3, -0.25) is 10.2 Å². The van der Waals surface area contributed by atoms with Gasteiger partial charge in [0.05, 0.1) is 12.2 Å². The van der Waals surface area contributed by atoms with Crippen LogP contribution < -0.4 is 9.47 Å². The predicted molar refractivity (Wildman–Crippen MR) is 133 cm³/mol. The molecule has 0 fully saturated rings. The molecule has 0 spiro atoms. The number of benzene rings is 2. The van der Waals surface area contributed by atoms with Crippen LogP contribution in [0.15, 0.2) is 64.2 Å². The summed E-state index contributed by atoms with van der Waals surface area (Å²) in [5.41, 5.74) is 1.97. The number of nitrogens with zero attached hydrogens (tertiary/aromatic N) is 3. The fraction of sp³-hybridized carbons (Fsp3) is 0.280. The zero-order valence-corrected chi connectivity index (χ0v) is 19.7. The smallest absolute Gasteiger partial charge is 0.283 e. The van der Waals surface area contributed by atoms with Gasteiger partial charge in [0.15, 0.2) is 17.3 Å². The second kappa shape index (κ2) is 10.0. The van der Waals surface area contributed by atoms with E-state index in [2.05, 4.69) is 17.0 Å². The molecule has 2 aliphatic heterocycles. The number of ether oxygens (including phenoxy) is 2. The van der Waals surface area contributed by atoms with Gasteiger partial charge in [0.25, 0.3) is 5.91 Å². The third-order valence-electron chi connectivity index (χ3n) is 5.11. The van der Waals surface area contributed by atoms with Crippen molar-refractivity contribution in [3.63, 3.8) is 0 Å². The quantitative estimate of drug-likeness (QED) is 0.513. The number of hydrazone groups is 1. The maximum absolute atomic E-state index is 12.7. The van der Waals surface area contributed by atoms with Crippen LogP contribution in [-0.2, 0) is 4.79 Å². The molecular formula is C25H26N4O3S. The van der Waals surface area contributed by atoms with E-state index in [4.69, 9.17) is 14.9 Å². The third-order valence-corrected chi connectivity index (χ3v) is 6.08. The second-order valence-corrected chi connectivity index (χ2v) is 8.61. The molecule has 0 aromatic heterocycles. The van der Waals surface area contributed by atoms with Gasteiger partial charge in [-0.05, 0) is 67.8 Å². The highest BCUT2D eigenvalue weighted by atomic mass is 32.2. The maximum atomic E-state index is 12.7. The number of thioether (sulfide) groups is 1. The van der Waals surface area contributed by atoms with Crippen molar-refractivity contribution in [1.29, 1.82) is 5.41 Å². The van der Waals surface area contributed by atoms with Crippen LogP contribution in [0.5, 0.6) is 11.5 Å². The third kappa shape index (κ3) is 5.01. The van der Waals surface area contributed by atoms with Gasteiger partial charge < -0.3 is 9.47 Å². The van der Waals surface area contributed by atoms with Gasteiger partial charge in [-0.25, -0.2) is 0 Å². The summed E-state index contributed by atoms with van der Waals surface area (Å²) in [7, 11) is 0. The van der Waals surface area contributed by atoms with Crippen molar-refractivity contribution in [2.24, 2.45) is 10.1 Å². The first-order chi connectivity index (χ1) is 16.0. The Kier molecular flexibility index (Phi) is 6.93. The molecule has 4 rings (SSSR count). The molecule has 170 valence electrons. The summed E-state index contributed by atoms with van der Waals surface area (Å²) < 4.78 is 12.0. The Hall–Kier alpha value is -3.39. The molecule has 2 aromatic carbocycles. The van der Waals surface area contributed by atoms with Gasteiger partial charge in [0, 0.05) is 0 Å². The van der Waals surface area contributed by atoms with Crippen LogP contribution in [0.2, 0.25) is 0 Å². The number of rotatable bonds is 8. The molecule has 0 saturated carbocycles. The molecule has 7 nitrogen and oxygen atoms in total. The number of aliphatic imine (C=N–C) groups is 1. The van der Waals surface area contributed by atoms with Crippen LogP contribution in [-0.4, -0.2) is 33.6 Å². The molecule has 2 heterocycles. The summed E-state index contributed by atoms with van der Waals surface area (Å²) in [6.07, 6.45) is 3.23. The number of amides is 1. The molecule has 8 heteroatoms. The number of hydrogen-bond acceptors (Lipinski definition) is 6. The van der Waals surface area contributed by atoms with Gasteiger partial charge in [-0.2, -0.15) is 15.1 Å². The highest BCUT2D eigenvalue weighted by Crippen LogP contribution is 2.34. The topological polar surface area (TPSA) is 87.3 Å². The van der Waals surface area contributed by atoms with Crippen LogP contribution in [0.3, 0.4) is 0 Å². The van der Waals surface area contributed by atoms with Crippen LogP contribution >= 0.6 is 11.8 Å². The summed E-state index contributed by atoms with van der Waals surface area (Å²) in [6.45, 7) is 6.43. The van der Waals surface area contributed by atoms with Crippen LogP contribution in [0, 0.1) is 5.41 Å². The molecule has 1 amide bonds. The predicted octanol–water partition coefficient (Wildman–Crippen LogP) is 5.64. The lowest BCUT2D eigenvalue weighted by molar-refractivity contribution is -0.114. The second-order valence-electron chi connectivity index (χ2n) is 7.57. The average molecular weight is 463 g/mol. The van der Waals surface area contributed by atoms with E-state index >= 15 is 0 Å². The SMILES string of the molecule is CCCC1=NN2C(=N)/C(=C\c3ccc(O[C@H](C)c4ccccc4)c(OCC)c3)C(=O)N=C2S1. The standard InChI is InChI=1S/C25H26N4O3S/c1-4-9-22-28-29-23(26)19(24(30)27-25(29)33-22)14-17-12-13-20(21(15-17)31-5-2)32-16(3)18-10-7-6-8-11-18/h6-8,10-16,26H,4-5,9H2,1-3H3/b19-14+,26-23?/t16-/m1/s1. The number of amidine groups is 2. The zero-order chi connectivity index (χ0) is 23.4. The Morgan fingerprint density at radius 3 is 2.67 bits per heavy atom. The normalized spacial score (nSPS) is 17.5. The van der Waals surface area contributed by atoms with Crippen molar-refractivity contribution in [2.45, 2.75) is 39.7 Å². The summed E-state index contributed by atoms with van der Waals surface area (Å²) in [5, 5.41) is 15.7. The van der Waals surface area contributed by atoms with E-state index < -0.39 is 5.91 Å². The van der Waals surface area contributed by atoms with Crippen LogP contribution in [0.1, 0.15) is 50.8 Å². The zero-order valence-electron chi connectivity index (χ0n) is 18.9. The van der Waals surface area contributed by atoms with E-state index in [1.165, 1.54) is 16.8 Å². The summed E-state index contributed by atoms with van der Waals surface area (Å²) in [6, 6.07) is 15.4. The largest absolute Gasteiger partial charge is 0.490 e. The molecule has 0 radical (unpaired) electrons. The molecular weight excluding hydrogens is 436 g/mol. The number of carbonyl (C=O) groups is 1. The molecule has 33 heavy (non-hydrogen) atoms. The van der Waals surface area contributed by atoms with E-state index in [0.29, 0.717) is 23.3 Å². The van der Waals surface area contributed by atoms with E-state index in [1.54, 1.807) is 6.08 Å². The molecule has 0 unspecified atom stereocenters. The van der Waals surface area contributed by atoms with Crippen molar-refractivity contribution >= 4 is 39.8 Å². The van der Waals surface area contributed by atoms with Crippen molar-refractivity contribution in [2.75, 3.05) is 6.61 Å². The summed E-state index contributed by atoms with van der Waals surface area (Å²) in [5.74, 6) is 0.779. The Bertz CT molecular complexity index is 1160. The Morgan fingerprint density at radius 1 is 1.15 bits per heavy atom. The molecule has 0 aliphatic carbocycles. The first-order valence-electron chi connectivity index (χ1n) is 11.0. The van der Waals surface area contributed by atoms with Crippen molar-refractivity contribution in [1.82, 2.24) is 5.01 Å². The van der Waals surface area contributed by atoms with Gasteiger partial charge in [-0.1, -0.05) is 43.3 Å². The minimum absolute atomic E-state index is 0.0274. The first-order valence-corrected chi connectivity index (χ1v) is 11.8. The highest BCUT2D eigenvalue weighted by Gasteiger charge is 2.35. The highest BCUT2D eigenvalue weighted by molar-refractivity contribution is 8.26. The van der Waals surface area contributed by atoms with Gasteiger partial charge in [0.1, 0.15) is 11.1 Å². The first kappa shape index (κ1) is 22.8. The number of nitrogens with one attached hydrogen (secondary N) is 1. The number of carbonyl (C=O) groups excluding carboxylic acids is 1. The monoisotopic (exact) mass is 462 g/mol. The number of hydrogen-bond donors (Lipinski definition) is 1. The molecule has 2 aromatic rings. The maximum Gasteiger partial charge on any atom is 0.283 e. The fourth-order valence-electron chi connectivity index (χ4n) is 3.48. The molecule has 0 saturated heterocycles. The van der Waals surface area contributed by atoms with Gasteiger partial charge in [-0.15, -0.1) is 0 Å². The lowest BCUT2D eigenvalue weighted by Crippen LogP contribution is -2.35. The Morgan fingerprint density at radius 2 is 1.94 bits per heavy atom. The molecule has 1 N–H and O–H groups in total. The minimum atomic E-state index is -0.442.